The van der Waals surface area contributed by atoms with Crippen molar-refractivity contribution in [3.8, 4) is 5.75 Å². The van der Waals surface area contributed by atoms with Crippen LogP contribution in [0.4, 0.5) is 10.1 Å². The predicted molar refractivity (Wildman–Crippen MR) is 76.5 cm³/mol. The summed E-state index contributed by atoms with van der Waals surface area (Å²) in [7, 11) is 0. The first-order valence-corrected chi connectivity index (χ1v) is 6.87. The Balaban J connectivity index is 2.23. The zero-order valence-electron chi connectivity index (χ0n) is 12.2. The molecule has 1 saturated heterocycles. The first-order chi connectivity index (χ1) is 8.93. The van der Waals surface area contributed by atoms with Crippen molar-refractivity contribution in [1.29, 1.82) is 0 Å². The number of benzene rings is 1. The van der Waals surface area contributed by atoms with Crippen LogP contribution in [0.5, 0.6) is 5.75 Å². The summed E-state index contributed by atoms with van der Waals surface area (Å²) in [6.07, 6.45) is 0. The van der Waals surface area contributed by atoms with Gasteiger partial charge in [0.25, 0.3) is 0 Å². The van der Waals surface area contributed by atoms with Crippen LogP contribution < -0.4 is 15.0 Å². The number of nitrogens with zero attached hydrogens (tertiary/aromatic N) is 1. The molecule has 1 atom stereocenters. The molecule has 0 radical (unpaired) electrons. The Kier molecular flexibility index (Phi) is 3.99. The lowest BCUT2D eigenvalue weighted by molar-refractivity contribution is 0.315. The quantitative estimate of drug-likeness (QED) is 0.910. The van der Waals surface area contributed by atoms with E-state index in [9.17, 15) is 4.39 Å². The highest BCUT2D eigenvalue weighted by Crippen LogP contribution is 2.28. The predicted octanol–water partition coefficient (Wildman–Crippen LogP) is 2.80. The van der Waals surface area contributed by atoms with Crippen LogP contribution in [-0.4, -0.2) is 31.3 Å². The molecule has 2 rings (SSSR count). The average Bonchev–Trinajstić information content (AvgIpc) is 2.35. The van der Waals surface area contributed by atoms with E-state index in [0.29, 0.717) is 18.4 Å². The van der Waals surface area contributed by atoms with Crippen molar-refractivity contribution in [2.75, 3.05) is 24.6 Å². The molecule has 4 heteroatoms. The second-order valence-corrected chi connectivity index (χ2v) is 5.79. The van der Waals surface area contributed by atoms with Gasteiger partial charge in [0.2, 0.25) is 0 Å². The number of hydrogen-bond donors (Lipinski definition) is 1. The summed E-state index contributed by atoms with van der Waals surface area (Å²) in [6, 6.07) is 5.58. The standard InChI is InChI=1S/C15H23FN2O/c1-5-19-14-7-6-12(8-13(14)16)18-10-15(3,4)17-9-11(18)2/h6-8,11,17H,5,9-10H2,1-4H3. The summed E-state index contributed by atoms with van der Waals surface area (Å²) in [6.45, 7) is 10.6. The molecule has 19 heavy (non-hydrogen) atoms. The van der Waals surface area contributed by atoms with Crippen LogP contribution in [0.15, 0.2) is 18.2 Å². The van der Waals surface area contributed by atoms with Crippen molar-refractivity contribution in [2.24, 2.45) is 0 Å². The molecular weight excluding hydrogens is 243 g/mol. The Labute approximate surface area is 114 Å². The Hall–Kier alpha value is -1.29. The largest absolute Gasteiger partial charge is 0.491 e. The van der Waals surface area contributed by atoms with Crippen LogP contribution in [0, 0.1) is 5.82 Å². The van der Waals surface area contributed by atoms with E-state index in [0.717, 1.165) is 18.8 Å². The van der Waals surface area contributed by atoms with Gasteiger partial charge >= 0.3 is 0 Å². The molecule has 0 saturated carbocycles. The van der Waals surface area contributed by atoms with E-state index >= 15 is 0 Å². The van der Waals surface area contributed by atoms with Crippen LogP contribution in [0.2, 0.25) is 0 Å². The molecule has 1 unspecified atom stereocenters. The smallest absolute Gasteiger partial charge is 0.167 e. The topological polar surface area (TPSA) is 24.5 Å². The number of piperazine rings is 1. The minimum Gasteiger partial charge on any atom is -0.491 e. The van der Waals surface area contributed by atoms with Gasteiger partial charge in [-0.15, -0.1) is 0 Å². The third kappa shape index (κ3) is 3.18. The molecule has 1 heterocycles. The summed E-state index contributed by atoms with van der Waals surface area (Å²) >= 11 is 0. The number of halogens is 1. The molecule has 1 aliphatic heterocycles. The van der Waals surface area contributed by atoms with Gasteiger partial charge in [0.05, 0.1) is 6.61 Å². The summed E-state index contributed by atoms with van der Waals surface area (Å²) in [5.74, 6) is 0.0381. The van der Waals surface area contributed by atoms with E-state index in [2.05, 4.69) is 31.0 Å². The molecule has 1 aromatic carbocycles. The number of ether oxygens (including phenoxy) is 1. The maximum Gasteiger partial charge on any atom is 0.167 e. The summed E-state index contributed by atoms with van der Waals surface area (Å²) in [4.78, 5) is 2.25. The lowest BCUT2D eigenvalue weighted by Gasteiger charge is -2.44. The summed E-state index contributed by atoms with van der Waals surface area (Å²) < 4.78 is 19.2. The van der Waals surface area contributed by atoms with Gasteiger partial charge in [-0.05, 0) is 39.8 Å². The number of nitrogens with one attached hydrogen (secondary N) is 1. The first-order valence-electron chi connectivity index (χ1n) is 6.87. The molecule has 1 aliphatic rings. The van der Waals surface area contributed by atoms with Gasteiger partial charge in [0, 0.05) is 36.4 Å². The molecule has 0 bridgehead atoms. The molecule has 106 valence electrons. The van der Waals surface area contributed by atoms with Crippen molar-refractivity contribution in [2.45, 2.75) is 39.3 Å². The molecule has 1 aromatic rings. The van der Waals surface area contributed by atoms with Crippen LogP contribution in [0.25, 0.3) is 0 Å². The van der Waals surface area contributed by atoms with Crippen LogP contribution in [0.3, 0.4) is 0 Å². The monoisotopic (exact) mass is 266 g/mol. The number of rotatable bonds is 3. The normalized spacial score (nSPS) is 22.4. The lowest BCUT2D eigenvalue weighted by Crippen LogP contribution is -2.61. The van der Waals surface area contributed by atoms with Gasteiger partial charge in [0.15, 0.2) is 11.6 Å². The lowest BCUT2D eigenvalue weighted by atomic mass is 9.98. The molecule has 0 aromatic heterocycles. The van der Waals surface area contributed by atoms with E-state index in [-0.39, 0.29) is 11.4 Å². The minimum absolute atomic E-state index is 0.0432. The third-order valence-corrected chi connectivity index (χ3v) is 3.52. The van der Waals surface area contributed by atoms with E-state index < -0.39 is 0 Å². The molecule has 1 N–H and O–H groups in total. The Morgan fingerprint density at radius 3 is 2.84 bits per heavy atom. The van der Waals surface area contributed by atoms with Crippen LogP contribution >= 0.6 is 0 Å². The summed E-state index contributed by atoms with van der Waals surface area (Å²) in [5.41, 5.74) is 0.963. The molecule has 0 aliphatic carbocycles. The SMILES string of the molecule is CCOc1ccc(N2CC(C)(C)NCC2C)cc1F. The van der Waals surface area contributed by atoms with E-state index in [4.69, 9.17) is 4.74 Å². The van der Waals surface area contributed by atoms with Gasteiger partial charge in [0.1, 0.15) is 0 Å². The second-order valence-electron chi connectivity index (χ2n) is 5.79. The fraction of sp³-hybridized carbons (Fsp3) is 0.600. The molecule has 0 spiro atoms. The van der Waals surface area contributed by atoms with E-state index in [1.807, 2.05) is 13.0 Å². The van der Waals surface area contributed by atoms with E-state index in [1.165, 1.54) is 0 Å². The molecule has 0 amide bonds. The first kappa shape index (κ1) is 14.1. The second kappa shape index (κ2) is 5.37. The highest BCUT2D eigenvalue weighted by atomic mass is 19.1. The fourth-order valence-corrected chi connectivity index (χ4v) is 2.46. The fourth-order valence-electron chi connectivity index (χ4n) is 2.46. The van der Waals surface area contributed by atoms with Gasteiger partial charge in [-0.2, -0.15) is 0 Å². The van der Waals surface area contributed by atoms with Gasteiger partial charge < -0.3 is 15.0 Å². The highest BCUT2D eigenvalue weighted by Gasteiger charge is 2.30. The van der Waals surface area contributed by atoms with Crippen molar-refractivity contribution in [3.63, 3.8) is 0 Å². The van der Waals surface area contributed by atoms with E-state index in [1.54, 1.807) is 12.1 Å². The van der Waals surface area contributed by atoms with Gasteiger partial charge in [-0.1, -0.05) is 0 Å². The maximum absolute atomic E-state index is 13.9. The minimum atomic E-state index is -0.289. The maximum atomic E-state index is 13.9. The highest BCUT2D eigenvalue weighted by molar-refractivity contribution is 5.51. The van der Waals surface area contributed by atoms with Crippen molar-refractivity contribution >= 4 is 5.69 Å². The van der Waals surface area contributed by atoms with Crippen LogP contribution in [0.1, 0.15) is 27.7 Å². The van der Waals surface area contributed by atoms with Crippen molar-refractivity contribution in [1.82, 2.24) is 5.32 Å². The molecule has 3 nitrogen and oxygen atoms in total. The number of hydrogen-bond acceptors (Lipinski definition) is 3. The summed E-state index contributed by atoms with van der Waals surface area (Å²) in [5, 5.41) is 3.49. The van der Waals surface area contributed by atoms with Crippen molar-refractivity contribution in [3.05, 3.63) is 24.0 Å². The average molecular weight is 266 g/mol. The zero-order valence-corrected chi connectivity index (χ0v) is 12.2. The van der Waals surface area contributed by atoms with Gasteiger partial charge in [-0.3, -0.25) is 0 Å². The van der Waals surface area contributed by atoms with Crippen molar-refractivity contribution < 1.29 is 9.13 Å². The van der Waals surface area contributed by atoms with Crippen LogP contribution in [-0.2, 0) is 0 Å². The molecular formula is C15H23FN2O. The zero-order chi connectivity index (χ0) is 14.0. The third-order valence-electron chi connectivity index (χ3n) is 3.52. The molecule has 1 fully saturated rings. The Morgan fingerprint density at radius 2 is 2.21 bits per heavy atom. The Bertz CT molecular complexity index is 448. The van der Waals surface area contributed by atoms with Gasteiger partial charge in [-0.25, -0.2) is 4.39 Å². The number of anilines is 1. The Morgan fingerprint density at radius 1 is 1.47 bits per heavy atom.